The van der Waals surface area contributed by atoms with Gasteiger partial charge in [-0.1, -0.05) is 6.07 Å². The maximum Gasteiger partial charge on any atom is 0.251 e. The summed E-state index contributed by atoms with van der Waals surface area (Å²) in [6.07, 6.45) is 8.89. The van der Waals surface area contributed by atoms with Crippen LogP contribution >= 0.6 is 0 Å². The highest BCUT2D eigenvalue weighted by Gasteiger charge is 2.24. The highest BCUT2D eigenvalue weighted by atomic mass is 16.5. The van der Waals surface area contributed by atoms with Crippen LogP contribution in [0.15, 0.2) is 48.9 Å². The number of carbonyl (C=O) groups is 1. The van der Waals surface area contributed by atoms with Gasteiger partial charge in [0.25, 0.3) is 5.91 Å². The molecule has 114 valence electrons. The number of pyridine rings is 2. The van der Waals surface area contributed by atoms with Crippen LogP contribution in [0.25, 0.3) is 0 Å². The summed E-state index contributed by atoms with van der Waals surface area (Å²) in [4.78, 5) is 20.2. The van der Waals surface area contributed by atoms with Crippen LogP contribution in [0.3, 0.4) is 0 Å². The number of hydrogen-bond donors (Lipinski definition) is 1. The van der Waals surface area contributed by atoms with Crippen LogP contribution < -0.4 is 10.1 Å². The van der Waals surface area contributed by atoms with Crippen LogP contribution in [0, 0.1) is 0 Å². The molecule has 0 saturated heterocycles. The van der Waals surface area contributed by atoms with Crippen molar-refractivity contribution in [2.24, 2.45) is 0 Å². The van der Waals surface area contributed by atoms with E-state index >= 15 is 0 Å². The number of aromatic nitrogens is 2. The number of nitrogens with zero attached hydrogens (tertiary/aromatic N) is 2. The second kappa shape index (κ2) is 7.02. The monoisotopic (exact) mass is 297 g/mol. The van der Waals surface area contributed by atoms with E-state index in [2.05, 4.69) is 15.3 Å². The maximum absolute atomic E-state index is 12.1. The third-order valence-electron chi connectivity index (χ3n) is 3.88. The predicted molar refractivity (Wildman–Crippen MR) is 82.6 cm³/mol. The Labute approximate surface area is 129 Å². The molecule has 1 fully saturated rings. The van der Waals surface area contributed by atoms with Crippen LogP contribution in [0.4, 0.5) is 0 Å². The van der Waals surface area contributed by atoms with Gasteiger partial charge < -0.3 is 10.1 Å². The number of carbonyl (C=O) groups excluding carboxylic acids is 1. The van der Waals surface area contributed by atoms with Crippen molar-refractivity contribution >= 4 is 5.91 Å². The molecule has 0 aliphatic heterocycles. The van der Waals surface area contributed by atoms with E-state index in [1.807, 2.05) is 18.2 Å². The van der Waals surface area contributed by atoms with Crippen molar-refractivity contribution in [1.82, 2.24) is 15.3 Å². The minimum Gasteiger partial charge on any atom is -0.474 e. The van der Waals surface area contributed by atoms with Crippen LogP contribution in [-0.4, -0.2) is 28.0 Å². The molecule has 5 nitrogen and oxygen atoms in total. The summed E-state index contributed by atoms with van der Waals surface area (Å²) in [7, 11) is 0. The highest BCUT2D eigenvalue weighted by Crippen LogP contribution is 2.23. The van der Waals surface area contributed by atoms with Gasteiger partial charge in [-0.2, -0.15) is 0 Å². The fourth-order valence-electron chi connectivity index (χ4n) is 2.68. The first-order chi connectivity index (χ1) is 10.8. The highest BCUT2D eigenvalue weighted by molar-refractivity contribution is 5.94. The summed E-state index contributed by atoms with van der Waals surface area (Å²) < 4.78 is 5.86. The number of nitrogens with one attached hydrogen (secondary N) is 1. The first kappa shape index (κ1) is 14.5. The molecule has 1 saturated carbocycles. The van der Waals surface area contributed by atoms with Gasteiger partial charge in [0.1, 0.15) is 6.10 Å². The predicted octanol–water partition coefficient (Wildman–Crippen LogP) is 2.60. The van der Waals surface area contributed by atoms with Gasteiger partial charge in [0.15, 0.2) is 0 Å². The summed E-state index contributed by atoms with van der Waals surface area (Å²) in [6.45, 7) is 0. The van der Waals surface area contributed by atoms with Crippen molar-refractivity contribution in [1.29, 1.82) is 0 Å². The fraction of sp³-hybridized carbons (Fsp3) is 0.353. The average Bonchev–Trinajstić information content (AvgIpc) is 2.58. The summed E-state index contributed by atoms with van der Waals surface area (Å²) in [5.41, 5.74) is 0.654. The Hall–Kier alpha value is -2.43. The SMILES string of the molecule is O=C(NC1CCC(Oc2ccccn2)CC1)c1ccncc1. The van der Waals surface area contributed by atoms with Gasteiger partial charge in [0.2, 0.25) is 5.88 Å². The summed E-state index contributed by atoms with van der Waals surface area (Å²) in [6, 6.07) is 9.33. The second-order valence-corrected chi connectivity index (χ2v) is 5.47. The normalized spacial score (nSPS) is 21.1. The topological polar surface area (TPSA) is 64.1 Å². The Morgan fingerprint density at radius 3 is 2.50 bits per heavy atom. The van der Waals surface area contributed by atoms with Gasteiger partial charge in [-0.3, -0.25) is 9.78 Å². The third-order valence-corrected chi connectivity index (χ3v) is 3.88. The number of rotatable bonds is 4. The number of hydrogen-bond acceptors (Lipinski definition) is 4. The van der Waals surface area contributed by atoms with Crippen molar-refractivity contribution in [2.75, 3.05) is 0 Å². The third kappa shape index (κ3) is 3.81. The number of ether oxygens (including phenoxy) is 1. The van der Waals surface area contributed by atoms with E-state index in [0.717, 1.165) is 25.7 Å². The standard InChI is InChI=1S/C17H19N3O2/c21-17(13-8-11-18-12-9-13)20-14-4-6-15(7-5-14)22-16-3-1-2-10-19-16/h1-3,8-12,14-15H,4-7H2,(H,20,21). The second-order valence-electron chi connectivity index (χ2n) is 5.47. The van der Waals surface area contributed by atoms with Crippen LogP contribution in [0.1, 0.15) is 36.0 Å². The Kier molecular flexibility index (Phi) is 4.63. The van der Waals surface area contributed by atoms with Crippen LogP contribution in [-0.2, 0) is 0 Å². The molecule has 0 radical (unpaired) electrons. The molecule has 1 N–H and O–H groups in total. The Bertz CT molecular complexity index is 596. The molecule has 1 aliphatic carbocycles. The van der Waals surface area contributed by atoms with Gasteiger partial charge in [-0.15, -0.1) is 0 Å². The molecule has 2 heterocycles. The van der Waals surface area contributed by atoms with E-state index in [-0.39, 0.29) is 18.1 Å². The lowest BCUT2D eigenvalue weighted by atomic mass is 9.92. The Morgan fingerprint density at radius 2 is 1.82 bits per heavy atom. The maximum atomic E-state index is 12.1. The molecule has 0 spiro atoms. The van der Waals surface area contributed by atoms with Gasteiger partial charge in [0, 0.05) is 36.3 Å². The molecular formula is C17H19N3O2. The summed E-state index contributed by atoms with van der Waals surface area (Å²) in [5, 5.41) is 3.08. The lowest BCUT2D eigenvalue weighted by molar-refractivity contribution is 0.0890. The first-order valence-electron chi connectivity index (χ1n) is 7.60. The van der Waals surface area contributed by atoms with E-state index in [1.165, 1.54) is 0 Å². The Morgan fingerprint density at radius 1 is 1.05 bits per heavy atom. The lowest BCUT2D eigenvalue weighted by Crippen LogP contribution is -2.39. The zero-order valence-electron chi connectivity index (χ0n) is 12.3. The van der Waals surface area contributed by atoms with Gasteiger partial charge in [-0.25, -0.2) is 4.98 Å². The van der Waals surface area contributed by atoms with Gasteiger partial charge in [0.05, 0.1) is 0 Å². The lowest BCUT2D eigenvalue weighted by Gasteiger charge is -2.29. The van der Waals surface area contributed by atoms with E-state index in [0.29, 0.717) is 11.4 Å². The van der Waals surface area contributed by atoms with Crippen molar-refractivity contribution in [3.05, 3.63) is 54.5 Å². The van der Waals surface area contributed by atoms with E-state index in [4.69, 9.17) is 4.74 Å². The molecule has 0 unspecified atom stereocenters. The molecule has 22 heavy (non-hydrogen) atoms. The van der Waals surface area contributed by atoms with E-state index in [1.54, 1.807) is 30.7 Å². The minimum absolute atomic E-state index is 0.0310. The van der Waals surface area contributed by atoms with Crippen molar-refractivity contribution in [3.63, 3.8) is 0 Å². The molecule has 2 aromatic heterocycles. The molecule has 0 atom stereocenters. The molecule has 0 bridgehead atoms. The molecular weight excluding hydrogens is 278 g/mol. The molecule has 1 aliphatic rings. The van der Waals surface area contributed by atoms with Gasteiger partial charge in [-0.05, 0) is 43.9 Å². The minimum atomic E-state index is -0.0310. The molecule has 5 heteroatoms. The quantitative estimate of drug-likeness (QED) is 0.942. The molecule has 1 amide bonds. The smallest absolute Gasteiger partial charge is 0.251 e. The van der Waals surface area contributed by atoms with Crippen LogP contribution in [0.2, 0.25) is 0 Å². The molecule has 0 aromatic carbocycles. The average molecular weight is 297 g/mol. The summed E-state index contributed by atoms with van der Waals surface area (Å²) in [5.74, 6) is 0.642. The number of amides is 1. The van der Waals surface area contributed by atoms with Crippen molar-refractivity contribution in [3.8, 4) is 5.88 Å². The first-order valence-corrected chi connectivity index (χ1v) is 7.60. The van der Waals surface area contributed by atoms with Gasteiger partial charge >= 0.3 is 0 Å². The fourth-order valence-corrected chi connectivity index (χ4v) is 2.68. The molecule has 2 aromatic rings. The van der Waals surface area contributed by atoms with Crippen molar-refractivity contribution in [2.45, 2.75) is 37.8 Å². The zero-order valence-corrected chi connectivity index (χ0v) is 12.3. The van der Waals surface area contributed by atoms with E-state index < -0.39 is 0 Å². The largest absolute Gasteiger partial charge is 0.474 e. The van der Waals surface area contributed by atoms with E-state index in [9.17, 15) is 4.79 Å². The zero-order chi connectivity index (χ0) is 15.2. The Balaban J connectivity index is 1.47. The van der Waals surface area contributed by atoms with Crippen molar-refractivity contribution < 1.29 is 9.53 Å². The molecule has 3 rings (SSSR count). The summed E-state index contributed by atoms with van der Waals surface area (Å²) >= 11 is 0. The van der Waals surface area contributed by atoms with Crippen LogP contribution in [0.5, 0.6) is 5.88 Å².